The summed E-state index contributed by atoms with van der Waals surface area (Å²) in [5.41, 5.74) is 1.64. The van der Waals surface area contributed by atoms with Crippen molar-refractivity contribution >= 4 is 23.4 Å². The Balaban J connectivity index is 1.18. The highest BCUT2D eigenvalue weighted by Gasteiger charge is 2.46. The number of likely N-dealkylation sites (tertiary alicyclic amines) is 1. The van der Waals surface area contributed by atoms with Gasteiger partial charge in [0, 0.05) is 37.2 Å². The smallest absolute Gasteiger partial charge is 0.233 e. The molecule has 0 bridgehead atoms. The van der Waals surface area contributed by atoms with Gasteiger partial charge >= 0.3 is 0 Å². The minimum absolute atomic E-state index is 0.0871. The van der Waals surface area contributed by atoms with Crippen molar-refractivity contribution in [1.82, 2.24) is 19.7 Å². The molecule has 0 radical (unpaired) electrons. The molecule has 2 atom stereocenters. The third-order valence-corrected chi connectivity index (χ3v) is 6.70. The van der Waals surface area contributed by atoms with Gasteiger partial charge in [-0.05, 0) is 49.9 Å². The highest BCUT2D eigenvalue weighted by atomic mass is 16.2. The van der Waals surface area contributed by atoms with E-state index < -0.39 is 0 Å². The lowest BCUT2D eigenvalue weighted by molar-refractivity contribution is -0.140. The summed E-state index contributed by atoms with van der Waals surface area (Å²) in [6.07, 6.45) is 9.68. The number of aryl methyl sites for hydroxylation is 1. The molecule has 1 fully saturated rings. The standard InChI is InChI=1S/C24H27N5O3/c30-21(13-15-29-23(31)18-6-3-4-7-19(18)24(29)32)25-17-11-9-16(10-12-17)22-27-26-20-8-2-1-5-14-28(20)22/h3-4,9-12,18-19H,1-2,5-8,13-15H2,(H,25,30)/t18-,19-/m1/s1. The second kappa shape index (κ2) is 8.68. The Hall–Kier alpha value is -3.29. The van der Waals surface area contributed by atoms with Crippen molar-refractivity contribution in [1.29, 1.82) is 0 Å². The number of allylic oxidation sites excluding steroid dienone is 2. The Morgan fingerprint density at radius 3 is 2.41 bits per heavy atom. The number of carbonyl (C=O) groups excluding carboxylic acids is 3. The number of hydrogen-bond acceptors (Lipinski definition) is 5. The predicted octanol–water partition coefficient (Wildman–Crippen LogP) is 2.95. The molecule has 8 nitrogen and oxygen atoms in total. The summed E-state index contributed by atoms with van der Waals surface area (Å²) in [6.45, 7) is 1.06. The first-order valence-corrected chi connectivity index (χ1v) is 11.4. The summed E-state index contributed by atoms with van der Waals surface area (Å²) >= 11 is 0. The van der Waals surface area contributed by atoms with E-state index in [0.717, 1.165) is 43.0 Å². The van der Waals surface area contributed by atoms with Crippen LogP contribution in [-0.4, -0.2) is 43.9 Å². The molecule has 1 aromatic carbocycles. The number of fused-ring (bicyclic) bond motifs is 2. The molecule has 0 spiro atoms. The first-order valence-electron chi connectivity index (χ1n) is 11.4. The van der Waals surface area contributed by atoms with Crippen molar-refractivity contribution in [2.75, 3.05) is 11.9 Å². The molecule has 8 heteroatoms. The van der Waals surface area contributed by atoms with Gasteiger partial charge in [0.1, 0.15) is 5.82 Å². The summed E-state index contributed by atoms with van der Waals surface area (Å²) in [6, 6.07) is 7.56. The van der Waals surface area contributed by atoms with Gasteiger partial charge in [-0.25, -0.2) is 0 Å². The van der Waals surface area contributed by atoms with Gasteiger partial charge in [0.15, 0.2) is 5.82 Å². The third-order valence-electron chi connectivity index (χ3n) is 6.70. The van der Waals surface area contributed by atoms with E-state index in [1.54, 1.807) is 0 Å². The number of anilines is 1. The van der Waals surface area contributed by atoms with E-state index in [1.807, 2.05) is 36.4 Å². The van der Waals surface area contributed by atoms with E-state index in [1.165, 1.54) is 11.3 Å². The molecule has 2 aliphatic heterocycles. The highest BCUT2D eigenvalue weighted by Crippen LogP contribution is 2.35. The minimum Gasteiger partial charge on any atom is -0.326 e. The van der Waals surface area contributed by atoms with Crippen molar-refractivity contribution in [3.8, 4) is 11.4 Å². The van der Waals surface area contributed by atoms with Gasteiger partial charge in [0.25, 0.3) is 0 Å². The minimum atomic E-state index is -0.254. The fourth-order valence-corrected chi connectivity index (χ4v) is 4.93. The zero-order valence-electron chi connectivity index (χ0n) is 18.0. The lowest BCUT2D eigenvalue weighted by Crippen LogP contribution is -2.34. The van der Waals surface area contributed by atoms with Gasteiger partial charge in [0.2, 0.25) is 17.7 Å². The van der Waals surface area contributed by atoms with Gasteiger partial charge in [-0.15, -0.1) is 10.2 Å². The lowest BCUT2D eigenvalue weighted by Gasteiger charge is -2.14. The Bertz CT molecular complexity index is 1050. The second-order valence-corrected chi connectivity index (χ2v) is 8.76. The van der Waals surface area contributed by atoms with E-state index in [4.69, 9.17) is 0 Å². The van der Waals surface area contributed by atoms with Crippen LogP contribution in [0.2, 0.25) is 0 Å². The fraction of sp³-hybridized carbons (Fsp3) is 0.458. The van der Waals surface area contributed by atoms with Crippen LogP contribution in [0.3, 0.4) is 0 Å². The molecule has 5 rings (SSSR count). The van der Waals surface area contributed by atoms with Crippen LogP contribution in [0.25, 0.3) is 11.4 Å². The van der Waals surface area contributed by atoms with Crippen LogP contribution in [-0.2, 0) is 27.3 Å². The van der Waals surface area contributed by atoms with Crippen molar-refractivity contribution < 1.29 is 14.4 Å². The average molecular weight is 434 g/mol. The molecule has 1 aromatic heterocycles. The molecule has 1 aliphatic carbocycles. The topological polar surface area (TPSA) is 97.2 Å². The number of carbonyl (C=O) groups is 3. The van der Waals surface area contributed by atoms with Crippen molar-refractivity contribution in [3.05, 3.63) is 42.2 Å². The highest BCUT2D eigenvalue weighted by molar-refractivity contribution is 6.05. The maximum atomic E-state index is 12.5. The predicted molar refractivity (Wildman–Crippen MR) is 118 cm³/mol. The molecular formula is C24H27N5O3. The monoisotopic (exact) mass is 433 g/mol. The molecule has 32 heavy (non-hydrogen) atoms. The third kappa shape index (κ3) is 3.85. The number of benzene rings is 1. The number of aromatic nitrogens is 3. The van der Waals surface area contributed by atoms with Gasteiger partial charge in [-0.2, -0.15) is 0 Å². The Morgan fingerprint density at radius 2 is 1.69 bits per heavy atom. The number of nitrogens with one attached hydrogen (secondary N) is 1. The van der Waals surface area contributed by atoms with E-state index in [0.29, 0.717) is 18.5 Å². The molecule has 3 amide bonds. The van der Waals surface area contributed by atoms with Crippen LogP contribution >= 0.6 is 0 Å². The summed E-state index contributed by atoms with van der Waals surface area (Å²) in [4.78, 5) is 38.7. The van der Waals surface area contributed by atoms with Crippen LogP contribution in [0.4, 0.5) is 5.69 Å². The number of rotatable bonds is 5. The molecule has 1 N–H and O–H groups in total. The molecule has 1 saturated heterocycles. The Labute approximate surface area is 186 Å². The van der Waals surface area contributed by atoms with Gasteiger partial charge in [0.05, 0.1) is 11.8 Å². The largest absolute Gasteiger partial charge is 0.326 e. The fourth-order valence-electron chi connectivity index (χ4n) is 4.93. The van der Waals surface area contributed by atoms with Crippen molar-refractivity contribution in [2.45, 2.75) is 51.5 Å². The van der Waals surface area contributed by atoms with Gasteiger partial charge < -0.3 is 9.88 Å². The summed E-state index contributed by atoms with van der Waals surface area (Å²) in [5, 5.41) is 11.6. The van der Waals surface area contributed by atoms with E-state index in [9.17, 15) is 14.4 Å². The van der Waals surface area contributed by atoms with Crippen LogP contribution in [0.15, 0.2) is 36.4 Å². The van der Waals surface area contributed by atoms with Crippen LogP contribution in [0.1, 0.15) is 44.3 Å². The summed E-state index contributed by atoms with van der Waals surface area (Å²) in [7, 11) is 0. The zero-order valence-corrected chi connectivity index (χ0v) is 18.0. The number of hydrogen-bond donors (Lipinski definition) is 1. The maximum Gasteiger partial charge on any atom is 0.233 e. The van der Waals surface area contributed by atoms with Crippen molar-refractivity contribution in [2.24, 2.45) is 11.8 Å². The van der Waals surface area contributed by atoms with Gasteiger partial charge in [-0.1, -0.05) is 18.6 Å². The average Bonchev–Trinajstić information content (AvgIpc) is 3.21. The number of amides is 3. The van der Waals surface area contributed by atoms with E-state index >= 15 is 0 Å². The lowest BCUT2D eigenvalue weighted by atomic mass is 9.85. The molecule has 166 valence electrons. The molecular weight excluding hydrogens is 406 g/mol. The maximum absolute atomic E-state index is 12.5. The Kier molecular flexibility index (Phi) is 5.59. The first kappa shape index (κ1) is 20.6. The first-order chi connectivity index (χ1) is 15.6. The molecule has 0 saturated carbocycles. The molecule has 2 aromatic rings. The zero-order chi connectivity index (χ0) is 22.1. The van der Waals surface area contributed by atoms with Gasteiger partial charge in [-0.3, -0.25) is 19.3 Å². The molecule has 0 unspecified atom stereocenters. The summed E-state index contributed by atoms with van der Waals surface area (Å²) < 4.78 is 2.19. The van der Waals surface area contributed by atoms with E-state index in [2.05, 4.69) is 20.1 Å². The van der Waals surface area contributed by atoms with E-state index in [-0.39, 0.29) is 42.5 Å². The summed E-state index contributed by atoms with van der Waals surface area (Å²) in [5.74, 6) is 0.884. The second-order valence-electron chi connectivity index (χ2n) is 8.76. The van der Waals surface area contributed by atoms with Crippen LogP contribution in [0.5, 0.6) is 0 Å². The Morgan fingerprint density at radius 1 is 0.969 bits per heavy atom. The SMILES string of the molecule is O=C(CCN1C(=O)[C@@H]2CC=CC[C@H]2C1=O)Nc1ccc(-c2nnc3n2CCCCC3)cc1. The quantitative estimate of drug-likeness (QED) is 0.578. The van der Waals surface area contributed by atoms with Crippen molar-refractivity contribution in [3.63, 3.8) is 0 Å². The molecule has 3 aliphatic rings. The molecule has 3 heterocycles. The normalized spacial score (nSPS) is 22.4. The van der Waals surface area contributed by atoms with Crippen LogP contribution < -0.4 is 5.32 Å². The number of nitrogens with zero attached hydrogens (tertiary/aromatic N) is 4. The van der Waals surface area contributed by atoms with Crippen LogP contribution in [0, 0.1) is 11.8 Å². The number of imide groups is 1.